The number of carbonyl (C=O) groups excluding carboxylic acids is 5. The Bertz CT molecular complexity index is 920. The lowest BCUT2D eigenvalue weighted by Gasteiger charge is -2.21. The summed E-state index contributed by atoms with van der Waals surface area (Å²) in [5.41, 5.74) is 16.2. The summed E-state index contributed by atoms with van der Waals surface area (Å²) in [4.78, 5) is 70.1. The van der Waals surface area contributed by atoms with Crippen molar-refractivity contribution in [3.8, 4) is 5.75 Å². The molecule has 1 rings (SSSR count). The van der Waals surface area contributed by atoms with Gasteiger partial charge in [-0.3, -0.25) is 24.0 Å². The highest BCUT2D eigenvalue weighted by molar-refractivity contribution is 5.94. The number of carbonyl (C=O) groups is 6. The maximum Gasteiger partial charge on any atom is 0.326 e. The van der Waals surface area contributed by atoms with Crippen LogP contribution in [0, 0.1) is 0 Å². The van der Waals surface area contributed by atoms with Crippen LogP contribution >= 0.6 is 0 Å². The van der Waals surface area contributed by atoms with E-state index in [1.165, 1.54) is 24.3 Å². The van der Waals surface area contributed by atoms with Crippen molar-refractivity contribution in [3.63, 3.8) is 0 Å². The van der Waals surface area contributed by atoms with Crippen LogP contribution in [0.15, 0.2) is 24.3 Å². The Morgan fingerprint density at radius 2 is 1.50 bits per heavy atom. The number of aliphatic carboxylic acids is 1. The smallest absolute Gasteiger partial charge is 0.326 e. The Labute approximate surface area is 194 Å². The summed E-state index contributed by atoms with van der Waals surface area (Å²) >= 11 is 0. The van der Waals surface area contributed by atoms with Crippen LogP contribution in [0.25, 0.3) is 0 Å². The van der Waals surface area contributed by atoms with Gasteiger partial charge in [-0.15, -0.1) is 0 Å². The molecular weight excluding hydrogens is 452 g/mol. The zero-order valence-electron chi connectivity index (χ0n) is 18.2. The number of carboxylic acid groups (broad SMARTS) is 1. The largest absolute Gasteiger partial charge is 0.508 e. The average molecular weight is 480 g/mol. The summed E-state index contributed by atoms with van der Waals surface area (Å²) in [5.74, 6) is -5.45. The molecule has 0 aromatic heterocycles. The first-order valence-electron chi connectivity index (χ1n) is 10.1. The molecule has 3 unspecified atom stereocenters. The first-order valence-corrected chi connectivity index (χ1v) is 10.1. The number of primary amides is 2. The fraction of sp³-hybridized carbons (Fsp3) is 0.400. The van der Waals surface area contributed by atoms with Gasteiger partial charge >= 0.3 is 5.97 Å². The molecule has 5 amide bonds. The van der Waals surface area contributed by atoms with Crippen LogP contribution in [-0.4, -0.2) is 70.4 Å². The van der Waals surface area contributed by atoms with Crippen molar-refractivity contribution in [1.29, 1.82) is 0 Å². The van der Waals surface area contributed by atoms with Crippen LogP contribution in [0.5, 0.6) is 5.75 Å². The van der Waals surface area contributed by atoms with E-state index in [2.05, 4.69) is 16.0 Å². The number of phenols is 1. The van der Waals surface area contributed by atoms with Crippen molar-refractivity contribution in [2.75, 3.05) is 6.54 Å². The summed E-state index contributed by atoms with van der Waals surface area (Å²) in [5, 5.41) is 25.3. The highest BCUT2D eigenvalue weighted by Gasteiger charge is 2.26. The van der Waals surface area contributed by atoms with Gasteiger partial charge in [-0.2, -0.15) is 0 Å². The number of hydrogen-bond donors (Lipinski definition) is 8. The average Bonchev–Trinajstić information content (AvgIpc) is 2.74. The Morgan fingerprint density at radius 3 is 2.03 bits per heavy atom. The van der Waals surface area contributed by atoms with Gasteiger partial charge in [-0.05, 0) is 24.1 Å². The van der Waals surface area contributed by atoms with Gasteiger partial charge in [0.25, 0.3) is 0 Å². The molecule has 0 saturated carbocycles. The molecule has 0 aliphatic carbocycles. The van der Waals surface area contributed by atoms with E-state index >= 15 is 0 Å². The lowest BCUT2D eigenvalue weighted by Crippen LogP contribution is -2.54. The summed E-state index contributed by atoms with van der Waals surface area (Å²) in [7, 11) is 0. The number of phenolic OH excluding ortho intramolecular Hbond substituents is 1. The second kappa shape index (κ2) is 13.4. The van der Waals surface area contributed by atoms with Crippen molar-refractivity contribution in [1.82, 2.24) is 16.0 Å². The minimum atomic E-state index is -1.39. The van der Waals surface area contributed by atoms with Gasteiger partial charge in [0.1, 0.15) is 17.8 Å². The molecule has 0 radical (unpaired) electrons. The third-order valence-corrected chi connectivity index (χ3v) is 4.50. The van der Waals surface area contributed by atoms with E-state index < -0.39 is 66.6 Å². The van der Waals surface area contributed by atoms with E-state index in [4.69, 9.17) is 22.3 Å². The fourth-order valence-corrected chi connectivity index (χ4v) is 2.75. The molecule has 186 valence electrons. The van der Waals surface area contributed by atoms with Crippen LogP contribution in [-0.2, 0) is 35.2 Å². The molecule has 0 aliphatic heterocycles. The van der Waals surface area contributed by atoms with Gasteiger partial charge in [-0.1, -0.05) is 12.1 Å². The standard InChI is InChI=1S/C20H28N6O8/c21-12(8-16(23)29)18(31)26-14(7-10-1-3-11(27)4-2-10)19(32)24-9-17(30)25-13(20(33)34)5-6-15(22)28/h1-4,12-14,27H,5-9,21H2,(H2,22,28)(H2,23,29)(H,24,32)(H,25,30)(H,26,31)(H,33,34). The molecule has 1 aromatic carbocycles. The Hall–Kier alpha value is -4.20. The van der Waals surface area contributed by atoms with Gasteiger partial charge in [0.2, 0.25) is 29.5 Å². The molecule has 0 saturated heterocycles. The van der Waals surface area contributed by atoms with Crippen LogP contribution in [0.1, 0.15) is 24.8 Å². The fourth-order valence-electron chi connectivity index (χ4n) is 2.75. The maximum atomic E-state index is 12.7. The number of amides is 5. The predicted octanol–water partition coefficient (Wildman–Crippen LogP) is -3.43. The molecule has 11 N–H and O–H groups in total. The molecule has 0 heterocycles. The third-order valence-electron chi connectivity index (χ3n) is 4.50. The third kappa shape index (κ3) is 10.4. The molecular formula is C20H28N6O8. The highest BCUT2D eigenvalue weighted by Crippen LogP contribution is 2.11. The van der Waals surface area contributed by atoms with E-state index in [0.29, 0.717) is 5.56 Å². The quantitative estimate of drug-likeness (QED) is 0.132. The molecule has 14 heteroatoms. The number of nitrogens with one attached hydrogen (secondary N) is 3. The van der Waals surface area contributed by atoms with Gasteiger partial charge in [0, 0.05) is 12.8 Å². The van der Waals surface area contributed by atoms with Crippen molar-refractivity contribution < 1.29 is 39.0 Å². The zero-order chi connectivity index (χ0) is 25.8. The number of hydrogen-bond acceptors (Lipinski definition) is 8. The van der Waals surface area contributed by atoms with E-state index in [1.807, 2.05) is 0 Å². The SMILES string of the molecule is NC(=O)CCC(NC(=O)CNC(=O)C(Cc1ccc(O)cc1)NC(=O)C(N)CC(N)=O)C(=O)O. The molecule has 3 atom stereocenters. The van der Waals surface area contributed by atoms with Gasteiger partial charge in [0.15, 0.2) is 0 Å². The number of benzene rings is 1. The lowest BCUT2D eigenvalue weighted by atomic mass is 10.0. The molecule has 1 aromatic rings. The Morgan fingerprint density at radius 1 is 0.882 bits per heavy atom. The summed E-state index contributed by atoms with van der Waals surface area (Å²) in [6.45, 7) is -0.630. The van der Waals surface area contributed by atoms with Crippen molar-refractivity contribution in [2.45, 2.75) is 43.8 Å². The number of rotatable bonds is 14. The second-order valence-corrected chi connectivity index (χ2v) is 7.39. The number of carboxylic acids is 1. The highest BCUT2D eigenvalue weighted by atomic mass is 16.4. The second-order valence-electron chi connectivity index (χ2n) is 7.39. The zero-order valence-corrected chi connectivity index (χ0v) is 18.2. The first-order chi connectivity index (χ1) is 15.9. The van der Waals surface area contributed by atoms with Crippen molar-refractivity contribution in [3.05, 3.63) is 29.8 Å². The monoisotopic (exact) mass is 480 g/mol. The van der Waals surface area contributed by atoms with E-state index in [0.717, 1.165) is 0 Å². The lowest BCUT2D eigenvalue weighted by molar-refractivity contribution is -0.142. The topological polar surface area (TPSA) is 257 Å². The Kier molecular flexibility index (Phi) is 10.9. The first kappa shape index (κ1) is 27.8. The van der Waals surface area contributed by atoms with Crippen LogP contribution < -0.4 is 33.2 Å². The molecule has 0 spiro atoms. The Balaban J connectivity index is 2.82. The molecule has 0 fully saturated rings. The summed E-state index contributed by atoms with van der Waals surface area (Å²) in [6, 6.07) is 1.83. The molecule has 34 heavy (non-hydrogen) atoms. The van der Waals surface area contributed by atoms with E-state index in [9.17, 15) is 33.9 Å². The van der Waals surface area contributed by atoms with Crippen molar-refractivity contribution >= 4 is 35.5 Å². The van der Waals surface area contributed by atoms with Crippen LogP contribution in [0.2, 0.25) is 0 Å². The minimum absolute atomic E-state index is 0.0155. The minimum Gasteiger partial charge on any atom is -0.508 e. The van der Waals surface area contributed by atoms with E-state index in [-0.39, 0.29) is 25.0 Å². The van der Waals surface area contributed by atoms with Crippen molar-refractivity contribution in [2.24, 2.45) is 17.2 Å². The van der Waals surface area contributed by atoms with Crippen LogP contribution in [0.3, 0.4) is 0 Å². The van der Waals surface area contributed by atoms with Gasteiger partial charge < -0.3 is 43.4 Å². The summed E-state index contributed by atoms with van der Waals surface area (Å²) < 4.78 is 0. The van der Waals surface area contributed by atoms with Gasteiger partial charge in [0.05, 0.1) is 19.0 Å². The maximum absolute atomic E-state index is 12.7. The van der Waals surface area contributed by atoms with Crippen LogP contribution in [0.4, 0.5) is 0 Å². The number of aromatic hydroxyl groups is 1. The van der Waals surface area contributed by atoms with E-state index in [1.54, 1.807) is 0 Å². The van der Waals surface area contributed by atoms with Gasteiger partial charge in [-0.25, -0.2) is 4.79 Å². The summed E-state index contributed by atoms with van der Waals surface area (Å²) in [6.07, 6.45) is -1.01. The molecule has 14 nitrogen and oxygen atoms in total. The number of nitrogens with two attached hydrogens (primary N) is 3. The molecule has 0 aliphatic rings. The predicted molar refractivity (Wildman–Crippen MR) is 117 cm³/mol. The normalized spacial score (nSPS) is 13.1. The molecule has 0 bridgehead atoms.